The second-order valence-electron chi connectivity index (χ2n) is 4.49. The molecule has 0 bridgehead atoms. The molecule has 1 rings (SSSR count). The molecule has 2 atom stereocenters. The van der Waals surface area contributed by atoms with Crippen LogP contribution in [-0.2, 0) is 9.53 Å². The number of nitro groups is 1. The van der Waals surface area contributed by atoms with E-state index in [0.29, 0.717) is 11.1 Å². The first-order valence-electron chi connectivity index (χ1n) is 6.06. The van der Waals surface area contributed by atoms with Gasteiger partial charge in [-0.1, -0.05) is 13.0 Å². The lowest BCUT2D eigenvalue weighted by atomic mass is 9.95. The van der Waals surface area contributed by atoms with Crippen LogP contribution >= 0.6 is 0 Å². The smallest absolute Gasteiger partial charge is 0.333 e. The molecule has 20 heavy (non-hydrogen) atoms. The van der Waals surface area contributed by atoms with E-state index in [9.17, 15) is 20.0 Å². The maximum Gasteiger partial charge on any atom is 0.333 e. The Labute approximate surface area is 116 Å². The number of hydrogen-bond donors (Lipinski definition) is 1. The molecule has 1 aromatic carbocycles. The summed E-state index contributed by atoms with van der Waals surface area (Å²) >= 11 is 0. The molecule has 0 spiro atoms. The first kappa shape index (κ1) is 15.8. The summed E-state index contributed by atoms with van der Waals surface area (Å²) < 4.78 is 4.58. The molecule has 0 aromatic heterocycles. The zero-order valence-electron chi connectivity index (χ0n) is 11.6. The fourth-order valence-electron chi connectivity index (χ4n) is 1.81. The molecule has 0 heterocycles. The summed E-state index contributed by atoms with van der Waals surface area (Å²) in [5, 5.41) is 20.7. The van der Waals surface area contributed by atoms with E-state index in [1.807, 2.05) is 0 Å². The van der Waals surface area contributed by atoms with Gasteiger partial charge in [0.05, 0.1) is 18.1 Å². The van der Waals surface area contributed by atoms with Crippen LogP contribution in [0, 0.1) is 16.0 Å². The third kappa shape index (κ3) is 3.89. The van der Waals surface area contributed by atoms with Crippen molar-refractivity contribution >= 4 is 11.7 Å². The van der Waals surface area contributed by atoms with Crippen LogP contribution in [0.1, 0.15) is 25.5 Å². The third-order valence-electron chi connectivity index (χ3n) is 2.96. The van der Waals surface area contributed by atoms with Crippen LogP contribution in [0.4, 0.5) is 5.69 Å². The molecule has 0 unspecified atom stereocenters. The number of aliphatic hydroxyl groups is 1. The highest BCUT2D eigenvalue weighted by Gasteiger charge is 2.17. The second-order valence-corrected chi connectivity index (χ2v) is 4.49. The molecule has 1 aromatic rings. The summed E-state index contributed by atoms with van der Waals surface area (Å²) in [5.41, 5.74) is 0.924. The predicted octanol–water partition coefficient (Wildman–Crippen LogP) is 2.38. The Balaban J connectivity index is 2.86. The Kier molecular flexibility index (Phi) is 5.40. The highest BCUT2D eigenvalue weighted by Crippen LogP contribution is 2.25. The third-order valence-corrected chi connectivity index (χ3v) is 2.96. The molecule has 6 nitrogen and oxygen atoms in total. The summed E-state index contributed by atoms with van der Waals surface area (Å²) in [4.78, 5) is 21.3. The lowest BCUT2D eigenvalue weighted by molar-refractivity contribution is -0.384. The average molecular weight is 279 g/mol. The Hall–Kier alpha value is -2.21. The van der Waals surface area contributed by atoms with Crippen LogP contribution < -0.4 is 0 Å². The van der Waals surface area contributed by atoms with Crippen molar-refractivity contribution in [1.82, 2.24) is 0 Å². The zero-order chi connectivity index (χ0) is 15.3. The van der Waals surface area contributed by atoms with E-state index in [1.165, 1.54) is 31.4 Å². The summed E-state index contributed by atoms with van der Waals surface area (Å²) in [5.74, 6) is -0.775. The molecule has 0 aliphatic rings. The standard InChI is InChI=1S/C14H17NO5/c1-9(8-10(2)14(17)20-3)13(16)11-4-6-12(7-5-11)15(18)19/h4-9,13,16H,1-3H3/b10-8+/t9-,13-/m1/s1. The first-order valence-corrected chi connectivity index (χ1v) is 6.06. The van der Waals surface area contributed by atoms with Gasteiger partial charge in [-0.3, -0.25) is 10.1 Å². The molecule has 0 fully saturated rings. The minimum Gasteiger partial charge on any atom is -0.466 e. The van der Waals surface area contributed by atoms with E-state index in [4.69, 9.17) is 0 Å². The van der Waals surface area contributed by atoms with E-state index >= 15 is 0 Å². The van der Waals surface area contributed by atoms with Gasteiger partial charge >= 0.3 is 5.97 Å². The number of nitro benzene ring substituents is 1. The molecule has 1 N–H and O–H groups in total. The Bertz CT molecular complexity index is 521. The van der Waals surface area contributed by atoms with Gasteiger partial charge in [0.1, 0.15) is 0 Å². The van der Waals surface area contributed by atoms with Crippen molar-refractivity contribution in [1.29, 1.82) is 0 Å². The van der Waals surface area contributed by atoms with Crippen LogP contribution in [-0.4, -0.2) is 23.1 Å². The summed E-state index contributed by atoms with van der Waals surface area (Å²) in [7, 11) is 1.29. The Morgan fingerprint density at radius 1 is 1.40 bits per heavy atom. The largest absolute Gasteiger partial charge is 0.466 e. The second kappa shape index (κ2) is 6.81. The van der Waals surface area contributed by atoms with Crippen molar-refractivity contribution in [2.45, 2.75) is 20.0 Å². The molecule has 0 aliphatic carbocycles. The molecule has 0 aliphatic heterocycles. The molecule has 0 amide bonds. The average Bonchev–Trinajstić information content (AvgIpc) is 2.45. The van der Waals surface area contributed by atoms with Gasteiger partial charge in [-0.2, -0.15) is 0 Å². The number of aliphatic hydroxyl groups excluding tert-OH is 1. The lowest BCUT2D eigenvalue weighted by Gasteiger charge is -2.16. The summed E-state index contributed by atoms with van der Waals surface area (Å²) in [6.07, 6.45) is 0.758. The fourth-order valence-corrected chi connectivity index (χ4v) is 1.81. The van der Waals surface area contributed by atoms with Crippen molar-refractivity contribution in [2.75, 3.05) is 7.11 Å². The van der Waals surface area contributed by atoms with E-state index in [2.05, 4.69) is 4.74 Å². The van der Waals surface area contributed by atoms with Gasteiger partial charge in [0.25, 0.3) is 5.69 Å². The monoisotopic (exact) mass is 279 g/mol. The SMILES string of the molecule is COC(=O)/C(C)=C/[C@@H](C)[C@@H](O)c1ccc([N+](=O)[O-])cc1. The van der Waals surface area contributed by atoms with Gasteiger partial charge in [0.2, 0.25) is 0 Å². The maximum atomic E-state index is 11.3. The van der Waals surface area contributed by atoms with E-state index in [1.54, 1.807) is 19.9 Å². The van der Waals surface area contributed by atoms with Crippen molar-refractivity contribution < 1.29 is 19.6 Å². The maximum absolute atomic E-state index is 11.3. The molecule has 0 saturated heterocycles. The quantitative estimate of drug-likeness (QED) is 0.387. The molecular formula is C14H17NO5. The number of esters is 1. The van der Waals surface area contributed by atoms with Gasteiger partial charge in [0, 0.05) is 23.6 Å². The normalized spacial score (nSPS) is 14.5. The summed E-state index contributed by atoms with van der Waals surface area (Å²) in [6, 6.07) is 5.67. The van der Waals surface area contributed by atoms with Crippen molar-refractivity contribution in [3.63, 3.8) is 0 Å². The topological polar surface area (TPSA) is 89.7 Å². The van der Waals surface area contributed by atoms with Gasteiger partial charge in [0.15, 0.2) is 0 Å². The number of ether oxygens (including phenoxy) is 1. The van der Waals surface area contributed by atoms with Crippen molar-refractivity contribution in [3.05, 3.63) is 51.6 Å². The van der Waals surface area contributed by atoms with Crippen LogP contribution in [0.25, 0.3) is 0 Å². The molecule has 0 radical (unpaired) electrons. The fraction of sp³-hybridized carbons (Fsp3) is 0.357. The first-order chi connectivity index (χ1) is 9.36. The molecular weight excluding hydrogens is 262 g/mol. The van der Waals surface area contributed by atoms with Gasteiger partial charge in [-0.15, -0.1) is 0 Å². The number of hydrogen-bond acceptors (Lipinski definition) is 5. The minimum atomic E-state index is -0.851. The van der Waals surface area contributed by atoms with Gasteiger partial charge < -0.3 is 9.84 Å². The van der Waals surface area contributed by atoms with Crippen LogP contribution in [0.2, 0.25) is 0 Å². The number of carbonyl (C=O) groups excluding carboxylic acids is 1. The van der Waals surface area contributed by atoms with Crippen molar-refractivity contribution in [3.8, 4) is 0 Å². The van der Waals surface area contributed by atoms with E-state index in [0.717, 1.165) is 0 Å². The van der Waals surface area contributed by atoms with Crippen LogP contribution in [0.15, 0.2) is 35.9 Å². The van der Waals surface area contributed by atoms with Crippen LogP contribution in [0.3, 0.4) is 0 Å². The Morgan fingerprint density at radius 3 is 2.40 bits per heavy atom. The van der Waals surface area contributed by atoms with E-state index in [-0.39, 0.29) is 11.6 Å². The highest BCUT2D eigenvalue weighted by molar-refractivity contribution is 5.87. The van der Waals surface area contributed by atoms with Gasteiger partial charge in [-0.05, 0) is 24.6 Å². The highest BCUT2D eigenvalue weighted by atomic mass is 16.6. The van der Waals surface area contributed by atoms with Crippen LogP contribution in [0.5, 0.6) is 0 Å². The number of nitrogens with zero attached hydrogens (tertiary/aromatic N) is 1. The number of carbonyl (C=O) groups is 1. The Morgan fingerprint density at radius 2 is 1.95 bits per heavy atom. The number of rotatable bonds is 5. The van der Waals surface area contributed by atoms with E-state index < -0.39 is 17.0 Å². The molecule has 6 heteroatoms. The zero-order valence-corrected chi connectivity index (χ0v) is 11.6. The molecule has 0 saturated carbocycles. The van der Waals surface area contributed by atoms with Crippen molar-refractivity contribution in [2.24, 2.45) is 5.92 Å². The van der Waals surface area contributed by atoms with Gasteiger partial charge in [-0.25, -0.2) is 4.79 Å². The number of methoxy groups -OCH3 is 1. The molecule has 108 valence electrons. The number of benzene rings is 1. The predicted molar refractivity (Wildman–Crippen MR) is 73.0 cm³/mol. The summed E-state index contributed by atoms with van der Waals surface area (Å²) in [6.45, 7) is 3.35. The lowest BCUT2D eigenvalue weighted by Crippen LogP contribution is -2.10. The number of non-ortho nitro benzene ring substituents is 1. The minimum absolute atomic E-state index is 0.0325.